The van der Waals surface area contributed by atoms with Gasteiger partial charge in [0.15, 0.2) is 9.84 Å². The molecule has 39 heavy (non-hydrogen) atoms. The van der Waals surface area contributed by atoms with Gasteiger partial charge in [-0.15, -0.1) is 11.3 Å². The third-order valence-corrected chi connectivity index (χ3v) is 10.2. The predicted molar refractivity (Wildman–Crippen MR) is 143 cm³/mol. The highest BCUT2D eigenvalue weighted by Crippen LogP contribution is 2.46. The Balaban J connectivity index is 1.36. The summed E-state index contributed by atoms with van der Waals surface area (Å²) in [4.78, 5) is 11.1. The number of anilines is 3. The number of ether oxygens (including phenoxy) is 1. The van der Waals surface area contributed by atoms with Crippen LogP contribution in [-0.2, 0) is 27.4 Å². The summed E-state index contributed by atoms with van der Waals surface area (Å²) in [6, 6.07) is 7.77. The number of nitrogens with one attached hydrogen (secondary N) is 2. The lowest BCUT2D eigenvalue weighted by Gasteiger charge is -2.34. The van der Waals surface area contributed by atoms with E-state index in [1.54, 1.807) is 0 Å². The first-order chi connectivity index (χ1) is 18.6. The number of aromatic nitrogens is 2. The lowest BCUT2D eigenvalue weighted by Crippen LogP contribution is -2.49. The van der Waals surface area contributed by atoms with E-state index in [1.807, 2.05) is 12.1 Å². The number of rotatable bonds is 5. The highest BCUT2D eigenvalue weighted by atomic mass is 32.2. The highest BCUT2D eigenvalue weighted by Gasteiger charge is 2.37. The molecular formula is C26H28F3N5O3S2. The molecule has 0 spiro atoms. The molecule has 8 nitrogen and oxygen atoms in total. The average Bonchev–Trinajstić information content (AvgIpc) is 3.66. The standard InChI is InChI=1S/C26H28F3N5O3S2/c1-15-13-34(7-6-30-15)17-4-5-20(18(10-17)16-2-3-16)32-25-31-12-19(26(27,28)29)24(33-25)21-11-23-22(38-21)14-37-8-9-39(23,35)36/h4-5,10-12,15-16,30H,2-3,6-9,13-14H2,1H3,(H,31,32,33)/t15-/m1/s1. The van der Waals surface area contributed by atoms with Crippen LogP contribution in [0.1, 0.15) is 41.7 Å². The maximum absolute atomic E-state index is 14.0. The summed E-state index contributed by atoms with van der Waals surface area (Å²) < 4.78 is 72.6. The van der Waals surface area contributed by atoms with Crippen molar-refractivity contribution in [1.82, 2.24) is 15.3 Å². The van der Waals surface area contributed by atoms with E-state index in [2.05, 4.69) is 38.5 Å². The van der Waals surface area contributed by atoms with E-state index in [9.17, 15) is 21.6 Å². The van der Waals surface area contributed by atoms with Crippen LogP contribution in [0.4, 0.5) is 30.5 Å². The normalized spacial score (nSPS) is 21.3. The number of fused-ring (bicyclic) bond motifs is 1. The van der Waals surface area contributed by atoms with Crippen LogP contribution in [0.25, 0.3) is 10.6 Å². The first-order valence-electron chi connectivity index (χ1n) is 12.9. The number of thiophene rings is 1. The summed E-state index contributed by atoms with van der Waals surface area (Å²) >= 11 is 0.952. The molecule has 1 saturated heterocycles. The molecule has 2 N–H and O–H groups in total. The van der Waals surface area contributed by atoms with Crippen LogP contribution in [0.2, 0.25) is 0 Å². The number of hydrogen-bond acceptors (Lipinski definition) is 9. The Kier molecular flexibility index (Phi) is 6.81. The van der Waals surface area contributed by atoms with E-state index >= 15 is 0 Å². The lowest BCUT2D eigenvalue weighted by molar-refractivity contribution is -0.137. The number of alkyl halides is 3. The number of hydrogen-bond donors (Lipinski definition) is 2. The Morgan fingerprint density at radius 1 is 1.23 bits per heavy atom. The molecular weight excluding hydrogens is 551 g/mol. The van der Waals surface area contributed by atoms with E-state index < -0.39 is 21.6 Å². The summed E-state index contributed by atoms with van der Waals surface area (Å²) in [5.41, 5.74) is 1.59. The third kappa shape index (κ3) is 5.49. The second kappa shape index (κ2) is 10.0. The van der Waals surface area contributed by atoms with Crippen LogP contribution >= 0.6 is 11.3 Å². The first kappa shape index (κ1) is 26.5. The summed E-state index contributed by atoms with van der Waals surface area (Å²) in [6.45, 7) is 4.93. The van der Waals surface area contributed by atoms with Gasteiger partial charge in [-0.1, -0.05) is 0 Å². The predicted octanol–water partition coefficient (Wildman–Crippen LogP) is 4.95. The van der Waals surface area contributed by atoms with Crippen molar-refractivity contribution in [2.24, 2.45) is 0 Å². The number of nitrogens with zero attached hydrogens (tertiary/aromatic N) is 3. The Morgan fingerprint density at radius 3 is 2.79 bits per heavy atom. The van der Waals surface area contributed by atoms with Gasteiger partial charge in [0.2, 0.25) is 5.95 Å². The van der Waals surface area contributed by atoms with Crippen LogP contribution < -0.4 is 15.5 Å². The number of halogens is 3. The lowest BCUT2D eigenvalue weighted by atomic mass is 10.1. The largest absolute Gasteiger partial charge is 0.420 e. The van der Waals surface area contributed by atoms with Gasteiger partial charge in [0.25, 0.3) is 0 Å². The first-order valence-corrected chi connectivity index (χ1v) is 15.3. The third-order valence-electron chi connectivity index (χ3n) is 7.20. The van der Waals surface area contributed by atoms with E-state index in [-0.39, 0.29) is 40.4 Å². The van der Waals surface area contributed by atoms with Crippen LogP contribution in [0, 0.1) is 0 Å². The van der Waals surface area contributed by atoms with Crippen LogP contribution in [0.3, 0.4) is 0 Å². The number of piperazine rings is 1. The topological polar surface area (TPSA) is 96.5 Å². The second-order valence-electron chi connectivity index (χ2n) is 10.2. The molecule has 2 fully saturated rings. The SMILES string of the molecule is C[C@@H]1CN(c2ccc(Nc3ncc(C(F)(F)F)c(-c4cc5c(s4)COCCS5(=O)=O)n3)c(C3CC3)c2)CCN1. The molecule has 6 rings (SSSR count). The Hall–Kier alpha value is -2.74. The van der Waals surface area contributed by atoms with Gasteiger partial charge in [0.05, 0.1) is 34.4 Å². The van der Waals surface area contributed by atoms with E-state index in [4.69, 9.17) is 4.74 Å². The summed E-state index contributed by atoms with van der Waals surface area (Å²) in [5, 5.41) is 6.59. The molecule has 1 aromatic carbocycles. The molecule has 0 bridgehead atoms. The molecule has 4 heterocycles. The maximum atomic E-state index is 14.0. The molecule has 0 amide bonds. The Morgan fingerprint density at radius 2 is 2.05 bits per heavy atom. The van der Waals surface area contributed by atoms with Gasteiger partial charge in [0, 0.05) is 48.1 Å². The molecule has 1 aliphatic carbocycles. The fraction of sp³-hybridized carbons (Fsp3) is 0.462. The number of sulfone groups is 1. The maximum Gasteiger partial charge on any atom is 0.420 e. The van der Waals surface area contributed by atoms with Gasteiger partial charge in [-0.05, 0) is 55.5 Å². The summed E-state index contributed by atoms with van der Waals surface area (Å²) in [7, 11) is -3.66. The molecule has 0 unspecified atom stereocenters. The van der Waals surface area contributed by atoms with Crippen LogP contribution in [-0.4, -0.2) is 56.4 Å². The molecule has 1 atom stereocenters. The molecule has 0 radical (unpaired) electrons. The molecule has 2 aromatic heterocycles. The smallest absolute Gasteiger partial charge is 0.375 e. The minimum Gasteiger partial charge on any atom is -0.375 e. The van der Waals surface area contributed by atoms with Gasteiger partial charge in [-0.3, -0.25) is 0 Å². The minimum atomic E-state index is -4.72. The van der Waals surface area contributed by atoms with Crippen LogP contribution in [0.5, 0.6) is 0 Å². The van der Waals surface area contributed by atoms with Crippen molar-refractivity contribution in [2.45, 2.75) is 49.4 Å². The molecule has 208 valence electrons. The van der Waals surface area contributed by atoms with Gasteiger partial charge in [-0.2, -0.15) is 13.2 Å². The highest BCUT2D eigenvalue weighted by molar-refractivity contribution is 7.91. The van der Waals surface area contributed by atoms with Crippen molar-refractivity contribution in [1.29, 1.82) is 0 Å². The van der Waals surface area contributed by atoms with Crippen molar-refractivity contribution in [2.75, 3.05) is 42.2 Å². The van der Waals surface area contributed by atoms with Crippen molar-refractivity contribution in [3.8, 4) is 10.6 Å². The molecule has 2 aliphatic heterocycles. The van der Waals surface area contributed by atoms with Gasteiger partial charge >= 0.3 is 6.18 Å². The van der Waals surface area contributed by atoms with Gasteiger partial charge in [0.1, 0.15) is 5.56 Å². The molecule has 3 aliphatic rings. The molecule has 1 saturated carbocycles. The van der Waals surface area contributed by atoms with Crippen molar-refractivity contribution >= 4 is 38.5 Å². The van der Waals surface area contributed by atoms with Crippen molar-refractivity contribution in [3.05, 3.63) is 46.5 Å². The second-order valence-corrected chi connectivity index (χ2v) is 13.4. The summed E-state index contributed by atoms with van der Waals surface area (Å²) in [6.07, 6.45) is -1.86. The number of benzene rings is 1. The quantitative estimate of drug-likeness (QED) is 0.439. The zero-order valence-electron chi connectivity index (χ0n) is 21.2. The summed E-state index contributed by atoms with van der Waals surface area (Å²) in [5.74, 6) is 0.178. The van der Waals surface area contributed by atoms with Crippen molar-refractivity contribution in [3.63, 3.8) is 0 Å². The zero-order valence-corrected chi connectivity index (χ0v) is 22.8. The van der Waals surface area contributed by atoms with Gasteiger partial charge < -0.3 is 20.3 Å². The minimum absolute atomic E-state index is 0.00934. The van der Waals surface area contributed by atoms with Crippen molar-refractivity contribution < 1.29 is 26.3 Å². The average molecular weight is 580 g/mol. The van der Waals surface area contributed by atoms with E-state index in [0.29, 0.717) is 16.8 Å². The molecule has 13 heteroatoms. The Bertz CT molecular complexity index is 1500. The van der Waals surface area contributed by atoms with E-state index in [0.717, 1.165) is 66.9 Å². The van der Waals surface area contributed by atoms with E-state index in [1.165, 1.54) is 6.07 Å². The van der Waals surface area contributed by atoms with Crippen LogP contribution in [0.15, 0.2) is 35.4 Å². The molecule has 3 aromatic rings. The monoisotopic (exact) mass is 579 g/mol. The fourth-order valence-electron chi connectivity index (χ4n) is 5.05. The van der Waals surface area contributed by atoms with Gasteiger partial charge in [-0.25, -0.2) is 18.4 Å². The Labute approximate surface area is 228 Å². The fourth-order valence-corrected chi connectivity index (χ4v) is 7.89. The zero-order chi connectivity index (χ0) is 27.4.